The highest BCUT2D eigenvalue weighted by atomic mass is 16.6. The standard InChI is InChI=1S/C21H26N4O5.C16H18N4O3.C16H20N4O.C15H21N3O5.C11H19NO4/c1-21(2,3)30-20(27)23-11-9-15(10-12-23)19(26)13-17-18(25(28)29)14-24(22-17)16-7-5-4-6-8-16;21-16(12-6-8-17-9-7-12)10-14-15(20(22)23)11-19(18-14)13-4-2-1-3-5-13;17-14-11-20(13-4-2-1-3-5-13)19-15(14)10-16(21)12-6-8-18-9-7-12;1-15(2,3)23-14(21)17-7-4-11(5-8-17)12(19)22-13(20)18-9-6-16-10-18;1-11(2,3)16-10(15)12-6-4-8(5-7-12)9(13)14/h4-8,14-15H,9-13H2,1-3H3;1-5,11-12,17H,6-10H2;1-5,11-12,18H,6-10,17H2;6,9-11H,4-5,7-8H2,1-3H3;8H,4-7H2,1-3H3,(H,13,14). The molecule has 5 aliphatic rings. The maximum atomic E-state index is 12.8. The number of hydrogen-bond acceptors (Lipinski definition) is 24. The molecule has 0 spiro atoms. The van der Waals surface area contributed by atoms with Gasteiger partial charge in [0.1, 0.15) is 64.3 Å². The van der Waals surface area contributed by atoms with Crippen LogP contribution in [0.2, 0.25) is 0 Å². The molecule has 7 aromatic rings. The van der Waals surface area contributed by atoms with Crippen LogP contribution in [0.25, 0.3) is 17.1 Å². The number of ether oxygens (including phenoxy) is 4. The Morgan fingerprint density at radius 2 is 0.779 bits per heavy atom. The molecule has 0 bridgehead atoms. The molecular formula is C79H104N16O18. The van der Waals surface area contributed by atoms with Crippen LogP contribution in [0.5, 0.6) is 0 Å². The minimum absolute atomic E-state index is 0.0147. The van der Waals surface area contributed by atoms with Crippen molar-refractivity contribution in [2.45, 2.75) is 163 Å². The summed E-state index contributed by atoms with van der Waals surface area (Å²) in [4.78, 5) is 138. The van der Waals surface area contributed by atoms with Crippen molar-refractivity contribution in [2.24, 2.45) is 29.6 Å². The van der Waals surface area contributed by atoms with Gasteiger partial charge >= 0.3 is 47.7 Å². The van der Waals surface area contributed by atoms with Crippen LogP contribution >= 0.6 is 0 Å². The molecule has 5 N–H and O–H groups in total. The number of amides is 3. The van der Waals surface area contributed by atoms with Crippen LogP contribution in [0.4, 0.5) is 36.2 Å². The quantitative estimate of drug-likeness (QED) is 0.0229. The number of likely N-dealkylation sites (tertiary alicyclic amines) is 3. The summed E-state index contributed by atoms with van der Waals surface area (Å²) in [6, 6.07) is 28.0. The summed E-state index contributed by atoms with van der Waals surface area (Å²) < 4.78 is 26.4. The number of aliphatic carboxylic acids is 1. The Morgan fingerprint density at radius 1 is 0.460 bits per heavy atom. The lowest BCUT2D eigenvalue weighted by Gasteiger charge is -2.32. The molecule has 34 heteroatoms. The van der Waals surface area contributed by atoms with Gasteiger partial charge in [-0.25, -0.2) is 42.8 Å². The average molecular weight is 1570 g/mol. The molecule has 0 saturated carbocycles. The normalized spacial score (nSPS) is 16.0. The smallest absolute Gasteiger partial charge is 0.427 e. The van der Waals surface area contributed by atoms with E-state index in [0.29, 0.717) is 101 Å². The predicted molar refractivity (Wildman–Crippen MR) is 414 cm³/mol. The largest absolute Gasteiger partial charge is 0.481 e. The number of piperidine rings is 5. The fourth-order valence-corrected chi connectivity index (χ4v) is 12.8. The van der Waals surface area contributed by atoms with Gasteiger partial charge in [0.2, 0.25) is 0 Å². The number of Topliss-reactive ketones (excluding diaryl/α,β-unsaturated/α-hetero) is 3. The predicted octanol–water partition coefficient (Wildman–Crippen LogP) is 10.8. The summed E-state index contributed by atoms with van der Waals surface area (Å²) in [5.41, 5.74) is 8.15. The first kappa shape index (κ1) is 87.0. The maximum absolute atomic E-state index is 12.8. The van der Waals surface area contributed by atoms with E-state index in [2.05, 4.69) is 30.9 Å². The number of nitrogens with zero attached hydrogens (tertiary/aromatic N) is 13. The number of carbonyl (C=O) groups excluding carboxylic acids is 8. The summed E-state index contributed by atoms with van der Waals surface area (Å²) in [5, 5.41) is 51.0. The minimum atomic E-state index is -0.776. The Balaban J connectivity index is 0.000000179. The van der Waals surface area contributed by atoms with E-state index in [4.69, 9.17) is 29.8 Å². The molecule has 5 saturated heterocycles. The zero-order valence-corrected chi connectivity index (χ0v) is 65.6. The molecule has 0 aliphatic carbocycles. The first-order valence-electron chi connectivity index (χ1n) is 37.9. The lowest BCUT2D eigenvalue weighted by atomic mass is 9.90. The number of carboxylic acids is 1. The van der Waals surface area contributed by atoms with Gasteiger partial charge in [0.25, 0.3) is 0 Å². The molecule has 34 nitrogen and oxygen atoms in total. The van der Waals surface area contributed by atoms with Gasteiger partial charge in [0.15, 0.2) is 0 Å². The van der Waals surface area contributed by atoms with Crippen molar-refractivity contribution in [3.05, 3.63) is 166 Å². The van der Waals surface area contributed by atoms with Gasteiger partial charge in [0.05, 0.1) is 75.6 Å². The number of para-hydroxylation sites is 3. The van der Waals surface area contributed by atoms with Crippen LogP contribution in [0, 0.1) is 49.8 Å². The second kappa shape index (κ2) is 40.6. The first-order valence-corrected chi connectivity index (χ1v) is 37.9. The average Bonchev–Trinajstić information content (AvgIpc) is 1.70. The van der Waals surface area contributed by atoms with E-state index in [9.17, 15) is 63.4 Å². The molecule has 5 fully saturated rings. The van der Waals surface area contributed by atoms with Crippen LogP contribution in [-0.4, -0.2) is 204 Å². The fourth-order valence-electron chi connectivity index (χ4n) is 12.8. The van der Waals surface area contributed by atoms with Crippen LogP contribution in [-0.2, 0) is 62.2 Å². The topological polar surface area (TPSA) is 428 Å². The molecule has 0 atom stereocenters. The monoisotopic (exact) mass is 1560 g/mol. The van der Waals surface area contributed by atoms with Crippen molar-refractivity contribution in [3.63, 3.8) is 0 Å². The van der Waals surface area contributed by atoms with Crippen molar-refractivity contribution in [2.75, 3.05) is 71.2 Å². The summed E-state index contributed by atoms with van der Waals surface area (Å²) >= 11 is 0. The number of benzene rings is 3. The third kappa shape index (κ3) is 27.4. The zero-order chi connectivity index (χ0) is 82.2. The van der Waals surface area contributed by atoms with E-state index in [1.165, 1.54) is 40.5 Å². The number of nitrogens with one attached hydrogen (secondary N) is 2. The van der Waals surface area contributed by atoms with Crippen LogP contribution in [0.15, 0.2) is 128 Å². The Hall–Kier alpha value is -11.6. The van der Waals surface area contributed by atoms with Gasteiger partial charge in [-0.2, -0.15) is 15.3 Å². The number of esters is 1. The second-order valence-electron chi connectivity index (χ2n) is 31.0. The van der Waals surface area contributed by atoms with Crippen molar-refractivity contribution >= 4 is 70.7 Å². The van der Waals surface area contributed by atoms with Crippen molar-refractivity contribution in [1.82, 2.24) is 64.2 Å². The Kier molecular flexibility index (Phi) is 31.3. The number of nitro groups is 2. The number of carboxylic acid groups (broad SMARTS) is 1. The van der Waals surface area contributed by atoms with E-state index < -0.39 is 50.6 Å². The summed E-state index contributed by atoms with van der Waals surface area (Å²) in [5.74, 6) is -2.03. The Bertz CT molecular complexity index is 4340. The summed E-state index contributed by atoms with van der Waals surface area (Å²) in [6.07, 6.45) is 13.2. The van der Waals surface area contributed by atoms with Gasteiger partial charge in [-0.3, -0.25) is 44.2 Å². The van der Waals surface area contributed by atoms with Gasteiger partial charge in [0, 0.05) is 69.4 Å². The van der Waals surface area contributed by atoms with E-state index in [0.717, 1.165) is 67.8 Å². The highest BCUT2D eigenvalue weighted by Gasteiger charge is 2.36. The summed E-state index contributed by atoms with van der Waals surface area (Å²) in [7, 11) is 0. The highest BCUT2D eigenvalue weighted by Crippen LogP contribution is 2.29. The molecule has 9 heterocycles. The summed E-state index contributed by atoms with van der Waals surface area (Å²) in [6.45, 7) is 22.3. The van der Waals surface area contributed by atoms with Crippen molar-refractivity contribution in [1.29, 1.82) is 0 Å². The Morgan fingerprint density at radius 3 is 1.11 bits per heavy atom. The highest BCUT2D eigenvalue weighted by molar-refractivity contribution is 5.88. The number of nitrogens with two attached hydrogens (primary N) is 1. The zero-order valence-electron chi connectivity index (χ0n) is 65.6. The van der Waals surface area contributed by atoms with Gasteiger partial charge in [-0.1, -0.05) is 54.6 Å². The lowest BCUT2D eigenvalue weighted by Crippen LogP contribution is -2.43. The second-order valence-corrected chi connectivity index (χ2v) is 31.0. The SMILES string of the molecule is CC(C)(C)OC(=O)N1CCC(C(=O)Cc2nn(-c3ccccc3)cc2[N+](=O)[O-])CC1.CC(C)(C)OC(=O)N1CCC(C(=O)O)CC1.CC(C)(C)OC(=O)N1CCC(C(=O)OC(=O)n2ccnc2)CC1.Nc1cn(-c2ccccc2)nc1CC(=O)C1CCNCC1.O=C(Cc1nn(-c2ccccc2)cc1[N+](=O)[O-])C1CCNCC1. The molecular weight excluding hydrogens is 1460 g/mol. The number of ketones is 3. The van der Waals surface area contributed by atoms with E-state index >= 15 is 0 Å². The molecule has 3 amide bonds. The van der Waals surface area contributed by atoms with Crippen LogP contribution in [0.1, 0.15) is 144 Å². The maximum Gasteiger partial charge on any atom is 0.427 e. The van der Waals surface area contributed by atoms with Crippen molar-refractivity contribution in [3.8, 4) is 17.1 Å². The Labute approximate surface area is 655 Å². The van der Waals surface area contributed by atoms with Gasteiger partial charge in [-0.05, 0) is 189 Å². The third-order valence-electron chi connectivity index (χ3n) is 18.9. The number of rotatable bonds is 16. The van der Waals surface area contributed by atoms with Gasteiger partial charge < -0.3 is 55.1 Å². The molecule has 4 aromatic heterocycles. The number of carbonyl (C=O) groups is 9. The molecule has 12 rings (SSSR count). The number of aromatic nitrogens is 8. The number of nitrogen functional groups attached to an aromatic ring is 1. The van der Waals surface area contributed by atoms with E-state index in [-0.39, 0.29) is 94.9 Å². The van der Waals surface area contributed by atoms with Crippen molar-refractivity contribution < 1.29 is 77.1 Å². The first-order chi connectivity index (χ1) is 53.6. The molecule has 5 aliphatic heterocycles. The van der Waals surface area contributed by atoms with E-state index in [1.807, 2.05) is 120 Å². The molecule has 608 valence electrons. The lowest BCUT2D eigenvalue weighted by molar-refractivity contribution is -0.385. The molecule has 3 aromatic carbocycles. The number of hydrogen-bond donors (Lipinski definition) is 4. The number of anilines is 1. The molecule has 113 heavy (non-hydrogen) atoms. The minimum Gasteiger partial charge on any atom is -0.481 e. The number of imidazole rings is 1. The molecule has 0 unspecified atom stereocenters. The third-order valence-corrected chi connectivity index (χ3v) is 18.9. The molecule has 0 radical (unpaired) electrons. The van der Waals surface area contributed by atoms with Crippen LogP contribution in [0.3, 0.4) is 0 Å². The van der Waals surface area contributed by atoms with Crippen LogP contribution < -0.4 is 16.4 Å². The van der Waals surface area contributed by atoms with Gasteiger partial charge in [-0.15, -0.1) is 0 Å². The fraction of sp³-hybridized carbons (Fsp3) is 0.506. The van der Waals surface area contributed by atoms with E-state index in [1.54, 1.807) is 58.5 Å².